The molecule has 2 N–H and O–H groups in total. The van der Waals surface area contributed by atoms with Gasteiger partial charge in [-0.25, -0.2) is 9.59 Å². The van der Waals surface area contributed by atoms with E-state index in [4.69, 9.17) is 28.4 Å². The average Bonchev–Trinajstić information content (AvgIpc) is 3.08. The maximum atomic E-state index is 12.6. The minimum absolute atomic E-state index is 0.00151. The number of ether oxygens (including phenoxy) is 6. The standard InChI is InChI=1S/C37H40O10/c1-3-36(40)46-24-32(38)22-42-15-17-45-35-13-11-29-9-8-27(19-31(29)21-35)18-26(2)37(41)47-25-33(39)23-43-14-16-44-34-12-10-28-6-4-5-7-30(28)20-34/h3-13,18-21,32-33,38-39H,1,14-17,22-25H2,2H3/b26-18+. The van der Waals surface area contributed by atoms with Crippen LogP contribution >= 0.6 is 0 Å². The highest BCUT2D eigenvalue weighted by Crippen LogP contribution is 2.24. The summed E-state index contributed by atoms with van der Waals surface area (Å²) in [7, 11) is 0. The second kappa shape index (κ2) is 18.4. The van der Waals surface area contributed by atoms with Crippen LogP contribution in [0.4, 0.5) is 0 Å². The number of aliphatic hydroxyl groups excluding tert-OH is 2. The zero-order valence-corrected chi connectivity index (χ0v) is 26.3. The maximum absolute atomic E-state index is 12.6. The van der Waals surface area contributed by atoms with E-state index in [1.165, 1.54) is 0 Å². The lowest BCUT2D eigenvalue weighted by Crippen LogP contribution is -2.25. The van der Waals surface area contributed by atoms with E-state index in [1.807, 2.05) is 78.9 Å². The normalized spacial score (nSPS) is 12.8. The van der Waals surface area contributed by atoms with Gasteiger partial charge in [0.05, 0.1) is 26.4 Å². The van der Waals surface area contributed by atoms with Crippen molar-refractivity contribution in [2.24, 2.45) is 0 Å². The van der Waals surface area contributed by atoms with E-state index in [0.717, 1.165) is 38.9 Å². The summed E-state index contributed by atoms with van der Waals surface area (Å²) < 4.78 is 32.4. The number of rotatable bonds is 19. The second-order valence-electron chi connectivity index (χ2n) is 10.7. The summed E-state index contributed by atoms with van der Waals surface area (Å²) in [6.07, 6.45) is 0.832. The molecule has 2 unspecified atom stereocenters. The largest absolute Gasteiger partial charge is 0.491 e. The van der Waals surface area contributed by atoms with E-state index in [9.17, 15) is 19.8 Å². The second-order valence-corrected chi connectivity index (χ2v) is 10.7. The van der Waals surface area contributed by atoms with Crippen molar-refractivity contribution in [1.82, 2.24) is 0 Å². The molecule has 0 aliphatic rings. The molecular formula is C37H40O10. The lowest BCUT2D eigenvalue weighted by atomic mass is 10.0. The number of aliphatic hydroxyl groups is 2. The number of carbonyl (C=O) groups is 2. The van der Waals surface area contributed by atoms with Crippen LogP contribution in [0.2, 0.25) is 0 Å². The SMILES string of the molecule is C=CC(=O)OCC(O)COCCOc1ccc2ccc(/C=C(\C)C(=O)OCC(O)COCCOc3ccc4ccccc4c3)cc2c1. The Morgan fingerprint density at radius 2 is 1.23 bits per heavy atom. The molecule has 4 aromatic carbocycles. The van der Waals surface area contributed by atoms with E-state index in [2.05, 4.69) is 6.58 Å². The average molecular weight is 645 g/mol. The van der Waals surface area contributed by atoms with Gasteiger partial charge in [0.15, 0.2) is 0 Å². The Bertz CT molecular complexity index is 1660. The predicted molar refractivity (Wildman–Crippen MR) is 178 cm³/mol. The molecule has 0 fully saturated rings. The van der Waals surface area contributed by atoms with Gasteiger partial charge in [-0.05, 0) is 70.4 Å². The number of carbonyl (C=O) groups excluding carboxylic acids is 2. The fraction of sp³-hybridized carbons (Fsp3) is 0.297. The van der Waals surface area contributed by atoms with Gasteiger partial charge < -0.3 is 38.6 Å². The van der Waals surface area contributed by atoms with Crippen molar-refractivity contribution >= 4 is 39.6 Å². The number of hydrogen-bond acceptors (Lipinski definition) is 10. The van der Waals surface area contributed by atoms with Crippen LogP contribution in [-0.4, -0.2) is 87.2 Å². The van der Waals surface area contributed by atoms with E-state index < -0.39 is 24.1 Å². The third-order valence-electron chi connectivity index (χ3n) is 6.87. The third kappa shape index (κ3) is 11.8. The van der Waals surface area contributed by atoms with Crippen LogP contribution in [0, 0.1) is 0 Å². The van der Waals surface area contributed by atoms with Crippen LogP contribution in [-0.2, 0) is 28.5 Å². The highest BCUT2D eigenvalue weighted by atomic mass is 16.6. The van der Waals surface area contributed by atoms with Gasteiger partial charge in [-0.3, -0.25) is 0 Å². The van der Waals surface area contributed by atoms with E-state index in [1.54, 1.807) is 13.0 Å². The van der Waals surface area contributed by atoms with Crippen molar-refractivity contribution in [3.63, 3.8) is 0 Å². The smallest absolute Gasteiger partial charge is 0.333 e. The van der Waals surface area contributed by atoms with Crippen LogP contribution in [0.1, 0.15) is 12.5 Å². The molecule has 4 aromatic rings. The van der Waals surface area contributed by atoms with Gasteiger partial charge in [0.1, 0.15) is 50.1 Å². The number of benzene rings is 4. The van der Waals surface area contributed by atoms with Gasteiger partial charge >= 0.3 is 11.9 Å². The minimum Gasteiger partial charge on any atom is -0.491 e. The quantitative estimate of drug-likeness (QED) is 0.0828. The van der Waals surface area contributed by atoms with Gasteiger partial charge in [0.2, 0.25) is 0 Å². The highest BCUT2D eigenvalue weighted by molar-refractivity contribution is 5.94. The third-order valence-corrected chi connectivity index (χ3v) is 6.87. The zero-order valence-electron chi connectivity index (χ0n) is 26.3. The Balaban J connectivity index is 1.15. The van der Waals surface area contributed by atoms with Crippen LogP contribution in [0.3, 0.4) is 0 Å². The zero-order chi connectivity index (χ0) is 33.4. The van der Waals surface area contributed by atoms with Gasteiger partial charge in [0, 0.05) is 11.6 Å². The Labute approximate surface area is 273 Å². The number of fused-ring (bicyclic) bond motifs is 2. The molecule has 0 radical (unpaired) electrons. The molecule has 10 nitrogen and oxygen atoms in total. The van der Waals surface area contributed by atoms with Crippen LogP contribution in [0.5, 0.6) is 11.5 Å². The van der Waals surface area contributed by atoms with Crippen molar-refractivity contribution in [2.75, 3.05) is 52.9 Å². The van der Waals surface area contributed by atoms with Gasteiger partial charge in [-0.1, -0.05) is 55.1 Å². The van der Waals surface area contributed by atoms with Crippen molar-refractivity contribution in [1.29, 1.82) is 0 Å². The first-order valence-electron chi connectivity index (χ1n) is 15.2. The van der Waals surface area contributed by atoms with E-state index in [-0.39, 0.29) is 46.2 Å². The Morgan fingerprint density at radius 3 is 1.87 bits per heavy atom. The lowest BCUT2D eigenvalue weighted by Gasteiger charge is -2.13. The topological polar surface area (TPSA) is 130 Å². The molecule has 0 saturated heterocycles. The monoisotopic (exact) mass is 644 g/mol. The number of esters is 2. The molecule has 4 rings (SSSR count). The maximum Gasteiger partial charge on any atom is 0.333 e. The molecule has 0 bridgehead atoms. The molecule has 10 heteroatoms. The summed E-state index contributed by atoms with van der Waals surface area (Å²) in [4.78, 5) is 23.6. The van der Waals surface area contributed by atoms with Crippen LogP contribution in [0.25, 0.3) is 27.6 Å². The van der Waals surface area contributed by atoms with Crippen molar-refractivity contribution in [3.05, 3.63) is 103 Å². The molecule has 0 aliphatic carbocycles. The van der Waals surface area contributed by atoms with Crippen molar-refractivity contribution in [2.45, 2.75) is 19.1 Å². The lowest BCUT2D eigenvalue weighted by molar-refractivity contribution is -0.143. The minimum atomic E-state index is -0.969. The molecule has 0 aliphatic heterocycles. The molecule has 2 atom stereocenters. The fourth-order valence-corrected chi connectivity index (χ4v) is 4.48. The molecular weight excluding hydrogens is 604 g/mol. The van der Waals surface area contributed by atoms with Gasteiger partial charge in [-0.2, -0.15) is 0 Å². The molecule has 0 saturated carbocycles. The first-order chi connectivity index (χ1) is 22.8. The summed E-state index contributed by atoms with van der Waals surface area (Å²) in [6, 6.07) is 25.3. The Hall–Kier alpha value is -4.74. The molecule has 0 aromatic heterocycles. The van der Waals surface area contributed by atoms with Gasteiger partial charge in [-0.15, -0.1) is 0 Å². The molecule has 0 amide bonds. The number of hydrogen-bond donors (Lipinski definition) is 2. The predicted octanol–water partition coefficient (Wildman–Crippen LogP) is 4.88. The van der Waals surface area contributed by atoms with E-state index >= 15 is 0 Å². The molecule has 47 heavy (non-hydrogen) atoms. The fourth-order valence-electron chi connectivity index (χ4n) is 4.48. The Kier molecular flexibility index (Phi) is 13.8. The van der Waals surface area contributed by atoms with E-state index in [0.29, 0.717) is 17.9 Å². The molecule has 0 heterocycles. The summed E-state index contributed by atoms with van der Waals surface area (Å²) in [5, 5.41) is 24.1. The summed E-state index contributed by atoms with van der Waals surface area (Å²) >= 11 is 0. The first kappa shape index (κ1) is 35.1. The highest BCUT2D eigenvalue weighted by Gasteiger charge is 2.12. The van der Waals surface area contributed by atoms with Crippen LogP contribution < -0.4 is 9.47 Å². The Morgan fingerprint density at radius 1 is 0.681 bits per heavy atom. The summed E-state index contributed by atoms with van der Waals surface area (Å²) in [5.74, 6) is 0.234. The van der Waals surface area contributed by atoms with Gasteiger partial charge in [0.25, 0.3) is 0 Å². The first-order valence-corrected chi connectivity index (χ1v) is 15.2. The van der Waals surface area contributed by atoms with Crippen LogP contribution in [0.15, 0.2) is 97.1 Å². The summed E-state index contributed by atoms with van der Waals surface area (Å²) in [6.45, 7) is 5.67. The molecule has 248 valence electrons. The summed E-state index contributed by atoms with van der Waals surface area (Å²) in [5.41, 5.74) is 1.18. The van der Waals surface area contributed by atoms with Crippen molar-refractivity contribution < 1.29 is 48.2 Å². The van der Waals surface area contributed by atoms with Crippen molar-refractivity contribution in [3.8, 4) is 11.5 Å². The molecule has 0 spiro atoms.